The second kappa shape index (κ2) is 8.54. The van der Waals surface area contributed by atoms with E-state index in [0.717, 1.165) is 11.1 Å². The lowest BCUT2D eigenvalue weighted by Gasteiger charge is -2.24. The highest BCUT2D eigenvalue weighted by Crippen LogP contribution is 2.31. The Labute approximate surface area is 184 Å². The van der Waals surface area contributed by atoms with Gasteiger partial charge >= 0.3 is 0 Å². The summed E-state index contributed by atoms with van der Waals surface area (Å²) in [5.41, 5.74) is 2.80. The molecule has 2 aromatic carbocycles. The number of amides is 2. The minimum atomic E-state index is -0.962. The highest BCUT2D eigenvalue weighted by atomic mass is 16.5. The van der Waals surface area contributed by atoms with E-state index >= 15 is 0 Å². The number of aryl methyl sites for hydroxylation is 2. The molecule has 1 aromatic heterocycles. The van der Waals surface area contributed by atoms with Crippen LogP contribution >= 0.6 is 0 Å². The maximum absolute atomic E-state index is 13.0. The van der Waals surface area contributed by atoms with Crippen LogP contribution in [-0.2, 0) is 9.59 Å². The number of rotatable bonds is 5. The van der Waals surface area contributed by atoms with E-state index in [4.69, 9.17) is 4.74 Å². The Bertz CT molecular complexity index is 1250. The molecule has 1 aliphatic rings. The first-order chi connectivity index (χ1) is 15.3. The van der Waals surface area contributed by atoms with Crippen LogP contribution in [0.2, 0.25) is 0 Å². The molecular formula is C23H23N5O4. The van der Waals surface area contributed by atoms with Crippen LogP contribution in [0.4, 0.5) is 23.1 Å². The molecule has 0 radical (unpaired) electrons. The topological polar surface area (TPSA) is 125 Å². The summed E-state index contributed by atoms with van der Waals surface area (Å²) in [5, 5.41) is 8.40. The Morgan fingerprint density at radius 2 is 1.84 bits per heavy atom. The molecule has 164 valence electrons. The van der Waals surface area contributed by atoms with Gasteiger partial charge in [-0.2, -0.15) is 4.98 Å². The van der Waals surface area contributed by atoms with Gasteiger partial charge in [-0.25, -0.2) is 0 Å². The zero-order valence-corrected chi connectivity index (χ0v) is 17.9. The first-order valence-electron chi connectivity index (χ1n) is 10.1. The van der Waals surface area contributed by atoms with Gasteiger partial charge in [-0.05, 0) is 49.2 Å². The second-order valence-electron chi connectivity index (χ2n) is 7.67. The normalized spacial score (nSPS) is 14.8. The number of hydrogen-bond acceptors (Lipinski definition) is 6. The van der Waals surface area contributed by atoms with Crippen LogP contribution in [0.5, 0.6) is 5.75 Å². The first-order valence-corrected chi connectivity index (χ1v) is 10.1. The van der Waals surface area contributed by atoms with Gasteiger partial charge in [-0.3, -0.25) is 19.4 Å². The van der Waals surface area contributed by atoms with Crippen molar-refractivity contribution in [2.75, 3.05) is 23.1 Å². The lowest BCUT2D eigenvalue weighted by atomic mass is 9.92. The third kappa shape index (κ3) is 4.31. The van der Waals surface area contributed by atoms with E-state index in [0.29, 0.717) is 17.1 Å². The second-order valence-corrected chi connectivity index (χ2v) is 7.67. The van der Waals surface area contributed by atoms with Gasteiger partial charge in [-0.1, -0.05) is 18.2 Å². The Morgan fingerprint density at radius 3 is 2.56 bits per heavy atom. The number of hydrogen-bond donors (Lipinski definition) is 4. The third-order valence-electron chi connectivity index (χ3n) is 5.12. The predicted molar refractivity (Wildman–Crippen MR) is 122 cm³/mol. The van der Waals surface area contributed by atoms with E-state index in [1.807, 2.05) is 38.1 Å². The van der Waals surface area contributed by atoms with Crippen LogP contribution in [0.25, 0.3) is 0 Å². The number of nitrogens with zero attached hydrogens (tertiary/aromatic N) is 1. The number of carbonyl (C=O) groups excluding carboxylic acids is 2. The van der Waals surface area contributed by atoms with Crippen molar-refractivity contribution in [1.82, 2.24) is 9.97 Å². The van der Waals surface area contributed by atoms with Crippen molar-refractivity contribution in [3.05, 3.63) is 69.5 Å². The summed E-state index contributed by atoms with van der Waals surface area (Å²) in [6, 6.07) is 12.8. The average molecular weight is 433 g/mol. The van der Waals surface area contributed by atoms with Gasteiger partial charge < -0.3 is 20.7 Å². The molecule has 0 saturated heterocycles. The quantitative estimate of drug-likeness (QED) is 0.490. The van der Waals surface area contributed by atoms with Gasteiger partial charge in [0.25, 0.3) is 5.56 Å². The fourth-order valence-electron chi connectivity index (χ4n) is 3.81. The Morgan fingerprint density at radius 1 is 1.12 bits per heavy atom. The van der Waals surface area contributed by atoms with Crippen LogP contribution in [0.15, 0.2) is 47.3 Å². The molecule has 0 spiro atoms. The molecular weight excluding hydrogens is 410 g/mol. The van der Waals surface area contributed by atoms with Gasteiger partial charge in [-0.15, -0.1) is 0 Å². The largest absolute Gasteiger partial charge is 0.495 e. The van der Waals surface area contributed by atoms with Gasteiger partial charge in [0, 0.05) is 12.1 Å². The van der Waals surface area contributed by atoms with Crippen LogP contribution in [-0.4, -0.2) is 28.9 Å². The smallest absolute Gasteiger partial charge is 0.258 e. The summed E-state index contributed by atoms with van der Waals surface area (Å²) in [7, 11) is 1.53. The number of para-hydroxylation sites is 2. The molecule has 0 fully saturated rings. The van der Waals surface area contributed by atoms with E-state index < -0.39 is 17.4 Å². The number of anilines is 4. The fourth-order valence-corrected chi connectivity index (χ4v) is 3.81. The summed E-state index contributed by atoms with van der Waals surface area (Å²) < 4.78 is 5.29. The molecule has 1 atom stereocenters. The molecule has 2 heterocycles. The average Bonchev–Trinajstić information content (AvgIpc) is 2.72. The predicted octanol–water partition coefficient (Wildman–Crippen LogP) is 3.20. The lowest BCUT2D eigenvalue weighted by molar-refractivity contribution is -0.123. The molecule has 0 bridgehead atoms. The van der Waals surface area contributed by atoms with Crippen molar-refractivity contribution in [2.45, 2.75) is 26.2 Å². The maximum atomic E-state index is 13.0. The van der Waals surface area contributed by atoms with Gasteiger partial charge in [0.05, 0.1) is 24.3 Å². The van der Waals surface area contributed by atoms with E-state index in [2.05, 4.69) is 25.9 Å². The SMILES string of the molecule is COc1ccccc1Nc1nc2c(c(=O)[nH]1)[C@H](C(=O)Nc1cc(C)cc(C)c1)CC(=O)N2. The van der Waals surface area contributed by atoms with Crippen molar-refractivity contribution < 1.29 is 14.3 Å². The zero-order chi connectivity index (χ0) is 22.8. The molecule has 4 rings (SSSR count). The molecule has 2 amide bonds. The van der Waals surface area contributed by atoms with Crippen molar-refractivity contribution in [1.29, 1.82) is 0 Å². The summed E-state index contributed by atoms with van der Waals surface area (Å²) in [6.07, 6.45) is -0.145. The number of fused-ring (bicyclic) bond motifs is 1. The highest BCUT2D eigenvalue weighted by molar-refractivity contribution is 6.04. The van der Waals surface area contributed by atoms with Crippen LogP contribution in [0.1, 0.15) is 29.0 Å². The van der Waals surface area contributed by atoms with Crippen molar-refractivity contribution in [3.8, 4) is 5.75 Å². The number of benzene rings is 2. The molecule has 3 aromatic rings. The molecule has 4 N–H and O–H groups in total. The summed E-state index contributed by atoms with van der Waals surface area (Å²) in [5.74, 6) is -1.06. The minimum Gasteiger partial charge on any atom is -0.495 e. The third-order valence-corrected chi connectivity index (χ3v) is 5.12. The Kier molecular flexibility index (Phi) is 5.63. The van der Waals surface area contributed by atoms with Crippen molar-refractivity contribution >= 4 is 35.0 Å². The summed E-state index contributed by atoms with van der Waals surface area (Å²) in [4.78, 5) is 45.2. The van der Waals surface area contributed by atoms with Crippen molar-refractivity contribution in [2.24, 2.45) is 0 Å². The number of nitrogens with one attached hydrogen (secondary N) is 4. The molecule has 9 heteroatoms. The molecule has 9 nitrogen and oxygen atoms in total. The molecule has 0 unspecified atom stereocenters. The molecule has 0 saturated carbocycles. The summed E-state index contributed by atoms with van der Waals surface area (Å²) >= 11 is 0. The van der Waals surface area contributed by atoms with Gasteiger partial charge in [0.2, 0.25) is 17.8 Å². The standard InChI is InChI=1S/C23H23N5O4/c1-12-8-13(2)10-14(9-12)24-21(30)15-11-18(29)26-20-19(15)22(31)28-23(27-20)25-16-6-4-5-7-17(16)32-3/h4-10,15H,11H2,1-3H3,(H,24,30)(H3,25,26,27,28,29,31)/t15-/m1/s1. The van der Waals surface area contributed by atoms with Crippen LogP contribution in [0.3, 0.4) is 0 Å². The van der Waals surface area contributed by atoms with E-state index in [1.54, 1.807) is 18.2 Å². The minimum absolute atomic E-state index is 0.0583. The van der Waals surface area contributed by atoms with Crippen molar-refractivity contribution in [3.63, 3.8) is 0 Å². The Hall–Kier alpha value is -4.14. The molecule has 1 aliphatic heterocycles. The van der Waals surface area contributed by atoms with Gasteiger partial charge in [0.1, 0.15) is 11.6 Å². The Balaban J connectivity index is 1.65. The highest BCUT2D eigenvalue weighted by Gasteiger charge is 2.34. The van der Waals surface area contributed by atoms with E-state index in [1.165, 1.54) is 7.11 Å². The number of carbonyl (C=O) groups is 2. The number of methoxy groups -OCH3 is 1. The fraction of sp³-hybridized carbons (Fsp3) is 0.217. The first kappa shape index (κ1) is 21.1. The summed E-state index contributed by atoms with van der Waals surface area (Å²) in [6.45, 7) is 3.85. The number of aromatic nitrogens is 2. The van der Waals surface area contributed by atoms with Crippen LogP contribution < -0.4 is 26.2 Å². The number of H-pyrrole nitrogens is 1. The zero-order valence-electron chi connectivity index (χ0n) is 17.9. The maximum Gasteiger partial charge on any atom is 0.258 e. The monoisotopic (exact) mass is 433 g/mol. The van der Waals surface area contributed by atoms with E-state index in [9.17, 15) is 14.4 Å². The van der Waals surface area contributed by atoms with Crippen LogP contribution in [0, 0.1) is 13.8 Å². The number of ether oxygens (including phenoxy) is 1. The van der Waals surface area contributed by atoms with E-state index in [-0.39, 0.29) is 29.7 Å². The number of aromatic amines is 1. The van der Waals surface area contributed by atoms with Gasteiger partial charge in [0.15, 0.2) is 0 Å². The molecule has 0 aliphatic carbocycles. The lowest BCUT2D eigenvalue weighted by Crippen LogP contribution is -2.36. The molecule has 32 heavy (non-hydrogen) atoms.